The van der Waals surface area contributed by atoms with Crippen LogP contribution in [0.2, 0.25) is 0 Å². The number of nitrogens with zero attached hydrogens (tertiary/aromatic N) is 1. The van der Waals surface area contributed by atoms with E-state index in [1.54, 1.807) is 6.08 Å². The van der Waals surface area contributed by atoms with E-state index < -0.39 is 20.0 Å². The molecule has 0 aliphatic rings. The van der Waals surface area contributed by atoms with Crippen molar-refractivity contribution in [3.8, 4) is 0 Å². The molecule has 2 N–H and O–H groups in total. The number of quaternary nitrogens is 1. The number of aliphatic hydroxyl groups excluding tert-OH is 1. The number of carbonyl (C=O) groups is 1. The van der Waals surface area contributed by atoms with Gasteiger partial charge in [-0.2, -0.15) is 0 Å². The fourth-order valence-corrected chi connectivity index (χ4v) is 7.14. The number of hydrogen-bond acceptors (Lipinski definition) is 6. The lowest BCUT2D eigenvalue weighted by atomic mass is 10.1. The van der Waals surface area contributed by atoms with E-state index >= 15 is 0 Å². The van der Waals surface area contributed by atoms with Gasteiger partial charge >= 0.3 is 0 Å². The van der Waals surface area contributed by atoms with Crippen LogP contribution in [0.15, 0.2) is 36.5 Å². The molecule has 0 aromatic rings. The van der Waals surface area contributed by atoms with Crippen molar-refractivity contribution in [3.05, 3.63) is 36.5 Å². The normalized spacial score (nSPS) is 14.7. The van der Waals surface area contributed by atoms with Crippen molar-refractivity contribution in [1.82, 2.24) is 5.32 Å². The minimum absolute atomic E-state index is 0.00321. The molecule has 3 unspecified atom stereocenters. The van der Waals surface area contributed by atoms with Gasteiger partial charge in [0.15, 0.2) is 0 Å². The number of phosphoric acid groups is 1. The molecule has 3 atom stereocenters. The van der Waals surface area contributed by atoms with Crippen LogP contribution in [0.4, 0.5) is 0 Å². The highest BCUT2D eigenvalue weighted by Crippen LogP contribution is 2.38. The SMILES string of the molecule is CCCCCCCCCC/C=C/C(O)C(COP(=O)([O-])OCC[N+](C)(C)C)NC(=O)CCCCCCCCC/C=C\C/C=C\CCCCCCCCCCC. The second-order valence-corrected chi connectivity index (χ2v) is 18.2. The van der Waals surface area contributed by atoms with Crippen LogP contribution in [0.5, 0.6) is 0 Å². The maximum Gasteiger partial charge on any atom is 0.268 e. The van der Waals surface area contributed by atoms with Gasteiger partial charge in [-0.05, 0) is 51.4 Å². The molecule has 9 heteroatoms. The lowest BCUT2D eigenvalue weighted by Gasteiger charge is -2.29. The van der Waals surface area contributed by atoms with E-state index in [1.165, 1.54) is 128 Å². The molecule has 0 saturated carbocycles. The molecular formula is C46H89N2O6P. The van der Waals surface area contributed by atoms with Gasteiger partial charge in [-0.3, -0.25) is 9.36 Å². The zero-order valence-electron chi connectivity index (χ0n) is 36.6. The Labute approximate surface area is 340 Å². The summed E-state index contributed by atoms with van der Waals surface area (Å²) in [6.07, 6.45) is 46.3. The van der Waals surface area contributed by atoms with Crippen LogP contribution >= 0.6 is 7.82 Å². The lowest BCUT2D eigenvalue weighted by Crippen LogP contribution is -2.45. The van der Waals surface area contributed by atoms with Crippen LogP contribution in [0.25, 0.3) is 0 Å². The molecule has 0 spiro atoms. The smallest absolute Gasteiger partial charge is 0.268 e. The molecule has 55 heavy (non-hydrogen) atoms. The number of likely N-dealkylation sites (N-methyl/N-ethyl adjacent to an activating group) is 1. The number of amides is 1. The van der Waals surface area contributed by atoms with Gasteiger partial charge < -0.3 is 28.8 Å². The van der Waals surface area contributed by atoms with E-state index in [4.69, 9.17) is 9.05 Å². The fraction of sp³-hybridized carbons (Fsp3) is 0.848. The van der Waals surface area contributed by atoms with E-state index in [-0.39, 0.29) is 19.1 Å². The molecule has 0 aromatic heterocycles. The Balaban J connectivity index is 4.27. The van der Waals surface area contributed by atoms with Gasteiger partial charge in [0.25, 0.3) is 7.82 Å². The highest BCUT2D eigenvalue weighted by Gasteiger charge is 2.23. The van der Waals surface area contributed by atoms with E-state index in [0.29, 0.717) is 17.4 Å². The Kier molecular flexibility index (Phi) is 37.4. The van der Waals surface area contributed by atoms with E-state index in [1.807, 2.05) is 27.2 Å². The third kappa shape index (κ3) is 40.7. The highest BCUT2D eigenvalue weighted by atomic mass is 31.2. The number of nitrogens with one attached hydrogen (secondary N) is 1. The predicted octanol–water partition coefficient (Wildman–Crippen LogP) is 12.1. The van der Waals surface area contributed by atoms with Gasteiger partial charge in [-0.25, -0.2) is 0 Å². The number of phosphoric ester groups is 1. The van der Waals surface area contributed by atoms with Crippen LogP contribution in [0.1, 0.15) is 200 Å². The number of allylic oxidation sites excluding steroid dienone is 5. The van der Waals surface area contributed by atoms with Crippen LogP contribution < -0.4 is 10.2 Å². The Morgan fingerprint density at radius 2 is 1.05 bits per heavy atom. The first-order valence-corrected chi connectivity index (χ1v) is 24.3. The Morgan fingerprint density at radius 1 is 0.636 bits per heavy atom. The first kappa shape index (κ1) is 53.7. The molecule has 0 aliphatic heterocycles. The minimum atomic E-state index is -4.58. The van der Waals surface area contributed by atoms with Crippen LogP contribution in [0, 0.1) is 0 Å². The topological polar surface area (TPSA) is 108 Å². The summed E-state index contributed by atoms with van der Waals surface area (Å²) in [7, 11) is 1.25. The summed E-state index contributed by atoms with van der Waals surface area (Å²) in [5.74, 6) is -0.207. The first-order valence-electron chi connectivity index (χ1n) is 22.9. The molecule has 324 valence electrons. The van der Waals surface area contributed by atoms with Crippen molar-refractivity contribution in [2.45, 2.75) is 212 Å². The van der Waals surface area contributed by atoms with E-state index in [2.05, 4.69) is 43.5 Å². The Morgan fingerprint density at radius 3 is 1.51 bits per heavy atom. The minimum Gasteiger partial charge on any atom is -0.756 e. The third-order valence-corrected chi connectivity index (χ3v) is 11.1. The molecule has 0 heterocycles. The van der Waals surface area contributed by atoms with Crippen LogP contribution in [-0.4, -0.2) is 68.5 Å². The summed E-state index contributed by atoms with van der Waals surface area (Å²) >= 11 is 0. The quantitative estimate of drug-likeness (QED) is 0.0276. The highest BCUT2D eigenvalue weighted by molar-refractivity contribution is 7.45. The molecule has 0 aliphatic carbocycles. The van der Waals surface area contributed by atoms with Gasteiger partial charge in [0.05, 0.1) is 39.9 Å². The maximum atomic E-state index is 12.8. The summed E-state index contributed by atoms with van der Waals surface area (Å²) in [5, 5.41) is 13.7. The molecule has 1 amide bonds. The van der Waals surface area contributed by atoms with Crippen molar-refractivity contribution in [2.24, 2.45) is 0 Å². The second kappa shape index (κ2) is 38.2. The van der Waals surface area contributed by atoms with Crippen LogP contribution in [-0.2, 0) is 18.4 Å². The second-order valence-electron chi connectivity index (χ2n) is 16.8. The molecule has 0 bridgehead atoms. The van der Waals surface area contributed by atoms with Gasteiger partial charge in [0.1, 0.15) is 13.2 Å². The Hall–Kier alpha value is -1.28. The van der Waals surface area contributed by atoms with Gasteiger partial charge in [0, 0.05) is 6.42 Å². The number of carbonyl (C=O) groups excluding carboxylic acids is 1. The molecule has 0 radical (unpaired) electrons. The average Bonchev–Trinajstić information content (AvgIpc) is 3.13. The summed E-state index contributed by atoms with van der Waals surface area (Å²) in [5.41, 5.74) is 0. The molecular weight excluding hydrogens is 707 g/mol. The maximum absolute atomic E-state index is 12.8. The lowest BCUT2D eigenvalue weighted by molar-refractivity contribution is -0.870. The standard InChI is InChI=1S/C46H89N2O6P/c1-6-8-10-12-14-16-18-19-20-21-22-23-24-25-26-27-28-29-30-32-34-36-38-40-46(50)47-44(43-54-55(51,52)53-42-41-48(3,4)5)45(49)39-37-35-33-31-17-15-13-11-9-7-2/h22-23,25-26,37,39,44-45,49H,6-21,24,27-36,38,40-43H2,1-5H3,(H-,47,50,51,52)/b23-22-,26-25-,39-37+. The third-order valence-electron chi connectivity index (χ3n) is 10.1. The first-order chi connectivity index (χ1) is 26.5. The van der Waals surface area contributed by atoms with Gasteiger partial charge in [-0.1, -0.05) is 179 Å². The molecule has 0 saturated heterocycles. The number of aliphatic hydroxyl groups is 1. The van der Waals surface area contributed by atoms with Gasteiger partial charge in [0.2, 0.25) is 5.91 Å². The summed E-state index contributed by atoms with van der Waals surface area (Å²) < 4.78 is 23.1. The zero-order valence-corrected chi connectivity index (χ0v) is 37.5. The largest absolute Gasteiger partial charge is 0.756 e. The molecule has 0 aromatic carbocycles. The zero-order chi connectivity index (χ0) is 40.7. The van der Waals surface area contributed by atoms with Crippen molar-refractivity contribution in [1.29, 1.82) is 0 Å². The molecule has 8 nitrogen and oxygen atoms in total. The molecule has 0 fully saturated rings. The summed E-state index contributed by atoms with van der Waals surface area (Å²) in [6, 6.07) is -0.888. The summed E-state index contributed by atoms with van der Waals surface area (Å²) in [4.78, 5) is 25.2. The number of hydrogen-bond donors (Lipinski definition) is 2. The van der Waals surface area contributed by atoms with E-state index in [9.17, 15) is 19.4 Å². The predicted molar refractivity (Wildman–Crippen MR) is 233 cm³/mol. The average molecular weight is 797 g/mol. The number of unbranched alkanes of at least 4 members (excludes halogenated alkanes) is 24. The van der Waals surface area contributed by atoms with Crippen LogP contribution in [0.3, 0.4) is 0 Å². The van der Waals surface area contributed by atoms with Crippen molar-refractivity contribution in [3.63, 3.8) is 0 Å². The van der Waals surface area contributed by atoms with Crippen molar-refractivity contribution in [2.75, 3.05) is 40.9 Å². The van der Waals surface area contributed by atoms with Gasteiger partial charge in [-0.15, -0.1) is 0 Å². The molecule has 0 rings (SSSR count). The van der Waals surface area contributed by atoms with Crippen molar-refractivity contribution < 1.29 is 32.9 Å². The Bertz CT molecular complexity index is 995. The summed E-state index contributed by atoms with van der Waals surface area (Å²) in [6.45, 7) is 4.61. The number of rotatable bonds is 41. The fourth-order valence-electron chi connectivity index (χ4n) is 6.42. The monoisotopic (exact) mass is 797 g/mol. The van der Waals surface area contributed by atoms with E-state index in [0.717, 1.165) is 51.4 Å². The van der Waals surface area contributed by atoms with Crippen molar-refractivity contribution >= 4 is 13.7 Å².